The summed E-state index contributed by atoms with van der Waals surface area (Å²) in [5, 5.41) is 8.49. The van der Waals surface area contributed by atoms with E-state index in [1.54, 1.807) is 30.3 Å². The van der Waals surface area contributed by atoms with E-state index < -0.39 is 17.3 Å². The molecule has 0 radical (unpaired) electrons. The molecule has 0 saturated heterocycles. The number of hydrogen-bond donors (Lipinski definition) is 1. The zero-order chi connectivity index (χ0) is 9.84. The number of carbonyl (C=O) groups is 2. The maximum absolute atomic E-state index is 11.3. The molecule has 1 N–H and O–H groups in total. The molecule has 66 valence electrons. The van der Waals surface area contributed by atoms with Gasteiger partial charge in [0.2, 0.25) is 0 Å². The summed E-state index contributed by atoms with van der Waals surface area (Å²) in [4.78, 5) is 21.7. The van der Waals surface area contributed by atoms with Crippen LogP contribution < -0.4 is 0 Å². The maximum Gasteiger partial charge on any atom is 0.339 e. The predicted octanol–water partition coefficient (Wildman–Crippen LogP) is 1.51. The molecule has 0 heterocycles. The van der Waals surface area contributed by atoms with Gasteiger partial charge in [0, 0.05) is 5.56 Å². The minimum Gasteiger partial charge on any atom is -0.478 e. The van der Waals surface area contributed by atoms with Crippen molar-refractivity contribution in [1.29, 1.82) is 0 Å². The fraction of sp³-hybridized carbons (Fsp3) is 0. The fourth-order valence-electron chi connectivity index (χ4n) is 0.861. The smallest absolute Gasteiger partial charge is 0.339 e. The van der Waals surface area contributed by atoms with E-state index >= 15 is 0 Å². The second kappa shape index (κ2) is 3.67. The zero-order valence-corrected chi connectivity index (χ0v) is 6.86. The van der Waals surface area contributed by atoms with Crippen molar-refractivity contribution in [2.24, 2.45) is 0 Å². The Morgan fingerprint density at radius 1 is 1.15 bits per heavy atom. The van der Waals surface area contributed by atoms with E-state index in [-0.39, 0.29) is 0 Å². The molecule has 0 spiro atoms. The lowest BCUT2D eigenvalue weighted by molar-refractivity contribution is -0.132. The highest BCUT2D eigenvalue weighted by Crippen LogP contribution is 2.06. The molecule has 0 atom stereocenters. The summed E-state index contributed by atoms with van der Waals surface area (Å²) in [6.45, 7) is 3.18. The normalized spacial score (nSPS) is 9.23. The van der Waals surface area contributed by atoms with Crippen LogP contribution in [0.5, 0.6) is 0 Å². The third-order valence-electron chi connectivity index (χ3n) is 1.57. The van der Waals surface area contributed by atoms with Gasteiger partial charge in [-0.05, 0) is 0 Å². The summed E-state index contributed by atoms with van der Waals surface area (Å²) in [6, 6.07) is 8.19. The van der Waals surface area contributed by atoms with Gasteiger partial charge in [-0.15, -0.1) is 0 Å². The number of carbonyl (C=O) groups excluding carboxylic acids is 1. The fourth-order valence-corrected chi connectivity index (χ4v) is 0.861. The van der Waals surface area contributed by atoms with Gasteiger partial charge in [-0.2, -0.15) is 0 Å². The van der Waals surface area contributed by atoms with E-state index in [1.165, 1.54) is 0 Å². The molecule has 1 rings (SSSR count). The molecule has 3 heteroatoms. The quantitative estimate of drug-likeness (QED) is 0.328. The van der Waals surface area contributed by atoms with E-state index in [9.17, 15) is 9.59 Å². The molecule has 3 nitrogen and oxygen atoms in total. The Kier molecular flexibility index (Phi) is 2.59. The Bertz CT molecular complexity index is 352. The third kappa shape index (κ3) is 2.02. The number of hydrogen-bond acceptors (Lipinski definition) is 2. The predicted molar refractivity (Wildman–Crippen MR) is 47.5 cm³/mol. The number of Topliss-reactive ketones (excluding diaryl/α,β-unsaturated/α-hetero) is 1. The molecule has 0 amide bonds. The molecule has 0 aliphatic rings. The van der Waals surface area contributed by atoms with Crippen LogP contribution >= 0.6 is 0 Å². The lowest BCUT2D eigenvalue weighted by Crippen LogP contribution is -2.10. The van der Waals surface area contributed by atoms with Gasteiger partial charge in [0.15, 0.2) is 5.78 Å². The summed E-state index contributed by atoms with van der Waals surface area (Å²) in [5.41, 5.74) is -0.0684. The number of benzene rings is 1. The summed E-state index contributed by atoms with van der Waals surface area (Å²) in [5.74, 6) is -1.83. The van der Waals surface area contributed by atoms with Crippen LogP contribution in [0.4, 0.5) is 0 Å². The highest BCUT2D eigenvalue weighted by atomic mass is 16.4. The second-order valence-electron chi connectivity index (χ2n) is 2.48. The highest BCUT2D eigenvalue weighted by molar-refractivity contribution is 6.23. The largest absolute Gasteiger partial charge is 0.478 e. The minimum absolute atomic E-state index is 0.343. The highest BCUT2D eigenvalue weighted by Gasteiger charge is 2.15. The molecule has 1 aromatic carbocycles. The third-order valence-corrected chi connectivity index (χ3v) is 1.57. The lowest BCUT2D eigenvalue weighted by Gasteiger charge is -1.98. The van der Waals surface area contributed by atoms with Crippen LogP contribution in [0.15, 0.2) is 42.5 Å². The van der Waals surface area contributed by atoms with Crippen molar-refractivity contribution in [3.05, 3.63) is 48.0 Å². The van der Waals surface area contributed by atoms with Crippen molar-refractivity contribution < 1.29 is 14.7 Å². The van der Waals surface area contributed by atoms with Crippen LogP contribution in [0, 0.1) is 0 Å². The van der Waals surface area contributed by atoms with Crippen molar-refractivity contribution in [2.75, 3.05) is 0 Å². The summed E-state index contributed by atoms with van der Waals surface area (Å²) in [6.07, 6.45) is 0. The molecule has 0 fully saturated rings. The van der Waals surface area contributed by atoms with Crippen molar-refractivity contribution >= 4 is 11.8 Å². The number of ketones is 1. The van der Waals surface area contributed by atoms with Gasteiger partial charge in [0.1, 0.15) is 5.57 Å². The molecule has 0 aliphatic heterocycles. The van der Waals surface area contributed by atoms with Crippen LogP contribution in [0.25, 0.3) is 0 Å². The van der Waals surface area contributed by atoms with Gasteiger partial charge >= 0.3 is 5.97 Å². The van der Waals surface area contributed by atoms with E-state index in [2.05, 4.69) is 6.58 Å². The molecule has 0 aliphatic carbocycles. The Balaban J connectivity index is 2.93. The van der Waals surface area contributed by atoms with Gasteiger partial charge in [-0.3, -0.25) is 4.79 Å². The Labute approximate surface area is 75.3 Å². The van der Waals surface area contributed by atoms with Crippen molar-refractivity contribution in [2.45, 2.75) is 0 Å². The Hall–Kier alpha value is -1.90. The first-order valence-corrected chi connectivity index (χ1v) is 3.65. The van der Waals surface area contributed by atoms with E-state index in [1.807, 2.05) is 0 Å². The van der Waals surface area contributed by atoms with Crippen LogP contribution in [0.2, 0.25) is 0 Å². The van der Waals surface area contributed by atoms with Crippen molar-refractivity contribution in [3.63, 3.8) is 0 Å². The number of carboxylic acid groups (broad SMARTS) is 1. The van der Waals surface area contributed by atoms with E-state index in [0.717, 1.165) is 0 Å². The summed E-state index contributed by atoms with van der Waals surface area (Å²) < 4.78 is 0. The van der Waals surface area contributed by atoms with Crippen LogP contribution in [-0.4, -0.2) is 16.9 Å². The molecule has 0 saturated carbocycles. The zero-order valence-electron chi connectivity index (χ0n) is 6.86. The van der Waals surface area contributed by atoms with Crippen LogP contribution in [0.3, 0.4) is 0 Å². The first kappa shape index (κ1) is 9.19. The molecule has 1 aromatic rings. The van der Waals surface area contributed by atoms with Gasteiger partial charge in [-0.25, -0.2) is 4.79 Å². The summed E-state index contributed by atoms with van der Waals surface area (Å²) >= 11 is 0. The van der Waals surface area contributed by atoms with Gasteiger partial charge in [-0.1, -0.05) is 36.9 Å². The van der Waals surface area contributed by atoms with E-state index in [4.69, 9.17) is 5.11 Å². The van der Waals surface area contributed by atoms with Crippen molar-refractivity contribution in [3.8, 4) is 0 Å². The van der Waals surface area contributed by atoms with Gasteiger partial charge in [0.05, 0.1) is 0 Å². The molecule has 0 aromatic heterocycles. The van der Waals surface area contributed by atoms with Crippen LogP contribution in [-0.2, 0) is 4.79 Å². The standard InChI is InChI=1S/C10H8O3/c1-7(10(12)13)9(11)8-5-3-2-4-6-8/h2-6H,1H2,(H,12,13). The second-order valence-corrected chi connectivity index (χ2v) is 2.48. The minimum atomic E-state index is -1.28. The van der Waals surface area contributed by atoms with Gasteiger partial charge < -0.3 is 5.11 Å². The average molecular weight is 176 g/mol. The molecule has 0 unspecified atom stereocenters. The molecule has 0 bridgehead atoms. The Morgan fingerprint density at radius 2 is 1.69 bits per heavy atom. The monoisotopic (exact) mass is 176 g/mol. The van der Waals surface area contributed by atoms with E-state index in [0.29, 0.717) is 5.56 Å². The lowest BCUT2D eigenvalue weighted by atomic mass is 10.1. The first-order valence-electron chi connectivity index (χ1n) is 3.65. The van der Waals surface area contributed by atoms with Gasteiger partial charge in [0.25, 0.3) is 0 Å². The number of rotatable bonds is 3. The molecular formula is C10H8O3. The maximum atomic E-state index is 11.3. The SMILES string of the molecule is C=C(C(=O)O)C(=O)c1ccccc1. The average Bonchev–Trinajstić information content (AvgIpc) is 2.17. The number of carboxylic acids is 1. The molecule has 13 heavy (non-hydrogen) atoms. The topological polar surface area (TPSA) is 54.4 Å². The number of aliphatic carboxylic acids is 1. The van der Waals surface area contributed by atoms with Crippen LogP contribution in [0.1, 0.15) is 10.4 Å². The first-order chi connectivity index (χ1) is 6.13. The summed E-state index contributed by atoms with van der Waals surface area (Å²) in [7, 11) is 0. The Morgan fingerprint density at radius 3 is 2.15 bits per heavy atom. The van der Waals surface area contributed by atoms with Crippen molar-refractivity contribution in [1.82, 2.24) is 0 Å². The molecular weight excluding hydrogens is 168 g/mol.